The second kappa shape index (κ2) is 13.3. The standard InChI is InChI=1S/C51H36N4/c1-3-33(4-2)45-32-46(53-51(52-45)35-18-10-6-11-19-35)42-25-15-24-41-40-23-14-22-39(49(40)54-50(41)42)37-27-29-48-44(31-37)43-30-36(34-16-8-5-9-17-34)26-28-47(43)55(48)38-20-12-7-13-21-38/h3-32,54H,1H2,2H3/b33-4+. The maximum atomic E-state index is 5.15. The minimum absolute atomic E-state index is 0.682. The summed E-state index contributed by atoms with van der Waals surface area (Å²) in [6, 6.07) is 60.3. The van der Waals surface area contributed by atoms with Crippen molar-refractivity contribution in [2.75, 3.05) is 0 Å². The number of hydrogen-bond acceptors (Lipinski definition) is 2. The molecule has 0 radical (unpaired) electrons. The molecule has 0 aliphatic heterocycles. The van der Waals surface area contributed by atoms with Gasteiger partial charge < -0.3 is 9.55 Å². The summed E-state index contributed by atoms with van der Waals surface area (Å²) < 4.78 is 2.38. The number of benzene rings is 7. The highest BCUT2D eigenvalue weighted by Gasteiger charge is 2.19. The van der Waals surface area contributed by atoms with Crippen molar-refractivity contribution in [1.82, 2.24) is 19.5 Å². The zero-order valence-electron chi connectivity index (χ0n) is 30.4. The van der Waals surface area contributed by atoms with Crippen molar-refractivity contribution in [1.29, 1.82) is 0 Å². The van der Waals surface area contributed by atoms with Gasteiger partial charge in [0, 0.05) is 43.9 Å². The molecule has 10 rings (SSSR count). The average Bonchev–Trinajstić information content (AvgIpc) is 3.80. The molecular weight excluding hydrogens is 669 g/mol. The molecule has 4 heteroatoms. The highest BCUT2D eigenvalue weighted by atomic mass is 15.0. The van der Waals surface area contributed by atoms with E-state index in [2.05, 4.69) is 168 Å². The van der Waals surface area contributed by atoms with Gasteiger partial charge in [0.1, 0.15) is 0 Å². The molecule has 0 atom stereocenters. The Labute approximate surface area is 319 Å². The molecule has 0 spiro atoms. The van der Waals surface area contributed by atoms with Crippen molar-refractivity contribution in [3.63, 3.8) is 0 Å². The number of para-hydroxylation sites is 3. The molecule has 55 heavy (non-hydrogen) atoms. The second-order valence-corrected chi connectivity index (χ2v) is 13.9. The van der Waals surface area contributed by atoms with Crippen LogP contribution in [0.2, 0.25) is 0 Å². The van der Waals surface area contributed by atoms with Crippen molar-refractivity contribution >= 4 is 49.2 Å². The first-order valence-electron chi connectivity index (χ1n) is 18.7. The Kier molecular flexibility index (Phi) is 7.81. The summed E-state index contributed by atoms with van der Waals surface area (Å²) in [4.78, 5) is 14.0. The van der Waals surface area contributed by atoms with Crippen LogP contribution in [0.15, 0.2) is 189 Å². The number of hydrogen-bond donors (Lipinski definition) is 1. The number of fused-ring (bicyclic) bond motifs is 6. The van der Waals surface area contributed by atoms with E-state index in [0.717, 1.165) is 61.3 Å². The largest absolute Gasteiger partial charge is 0.353 e. The molecule has 1 N–H and O–H groups in total. The first-order valence-corrected chi connectivity index (χ1v) is 18.7. The molecule has 0 bridgehead atoms. The van der Waals surface area contributed by atoms with E-state index in [1.54, 1.807) is 0 Å². The van der Waals surface area contributed by atoms with E-state index in [-0.39, 0.29) is 0 Å². The van der Waals surface area contributed by atoms with Crippen molar-refractivity contribution in [2.24, 2.45) is 0 Å². The molecule has 7 aromatic carbocycles. The SMILES string of the molecule is C=C/C(=C\C)c1cc(-c2cccc3c2[nH]c2c(-c4ccc5c(c4)c4cc(-c6ccccc6)ccc4n5-c4ccccc4)cccc23)nc(-c2ccccc2)n1. The quantitative estimate of drug-likeness (QED) is 0.168. The third kappa shape index (κ3) is 5.46. The van der Waals surface area contributed by atoms with E-state index in [1.807, 2.05) is 37.3 Å². The molecular formula is C51H36N4. The maximum absolute atomic E-state index is 5.15. The van der Waals surface area contributed by atoms with E-state index in [1.165, 1.54) is 38.3 Å². The van der Waals surface area contributed by atoms with Gasteiger partial charge in [0.25, 0.3) is 0 Å². The Balaban J connectivity index is 1.18. The molecule has 4 nitrogen and oxygen atoms in total. The number of rotatable bonds is 7. The summed E-state index contributed by atoms with van der Waals surface area (Å²) in [5.74, 6) is 0.682. The van der Waals surface area contributed by atoms with Crippen LogP contribution in [0, 0.1) is 0 Å². The Morgan fingerprint density at radius 1 is 0.527 bits per heavy atom. The van der Waals surface area contributed by atoms with Crippen LogP contribution in [-0.4, -0.2) is 19.5 Å². The van der Waals surface area contributed by atoms with Crippen molar-refractivity contribution in [3.05, 3.63) is 194 Å². The normalized spacial score (nSPS) is 11.9. The first kappa shape index (κ1) is 32.4. The van der Waals surface area contributed by atoms with Crippen LogP contribution < -0.4 is 0 Å². The topological polar surface area (TPSA) is 46.5 Å². The van der Waals surface area contributed by atoms with Gasteiger partial charge in [-0.1, -0.05) is 146 Å². The predicted molar refractivity (Wildman–Crippen MR) is 231 cm³/mol. The number of nitrogens with one attached hydrogen (secondary N) is 1. The fraction of sp³-hybridized carbons (Fsp3) is 0.0196. The van der Waals surface area contributed by atoms with E-state index in [4.69, 9.17) is 9.97 Å². The van der Waals surface area contributed by atoms with Crippen LogP contribution >= 0.6 is 0 Å². The third-order valence-corrected chi connectivity index (χ3v) is 10.7. The molecule has 0 fully saturated rings. The minimum atomic E-state index is 0.682. The molecule has 0 aliphatic rings. The Bertz CT molecular complexity index is 3100. The molecule has 0 unspecified atom stereocenters. The highest BCUT2D eigenvalue weighted by Crippen LogP contribution is 2.41. The van der Waals surface area contributed by atoms with Crippen molar-refractivity contribution in [3.8, 4) is 50.6 Å². The van der Waals surface area contributed by atoms with E-state index in [0.29, 0.717) is 5.82 Å². The Hall–Kier alpha value is -7.30. The lowest BCUT2D eigenvalue weighted by atomic mass is 9.98. The fourth-order valence-electron chi connectivity index (χ4n) is 8.08. The number of H-pyrrole nitrogens is 1. The van der Waals surface area contributed by atoms with Gasteiger partial charge in [-0.05, 0) is 71.7 Å². The average molecular weight is 705 g/mol. The number of nitrogens with zero attached hydrogens (tertiary/aromatic N) is 3. The molecule has 0 amide bonds. The number of allylic oxidation sites excluding steroid dienone is 3. The number of aromatic nitrogens is 4. The Morgan fingerprint density at radius 2 is 1.11 bits per heavy atom. The van der Waals surface area contributed by atoms with Gasteiger partial charge in [-0.2, -0.15) is 0 Å². The van der Waals surface area contributed by atoms with Crippen LogP contribution in [0.4, 0.5) is 0 Å². The summed E-state index contributed by atoms with van der Waals surface area (Å²) in [5.41, 5.74) is 15.0. The zero-order valence-corrected chi connectivity index (χ0v) is 30.4. The molecule has 0 saturated heterocycles. The van der Waals surface area contributed by atoms with Gasteiger partial charge in [-0.15, -0.1) is 0 Å². The molecule has 10 aromatic rings. The summed E-state index contributed by atoms with van der Waals surface area (Å²) >= 11 is 0. The van der Waals surface area contributed by atoms with Crippen molar-refractivity contribution in [2.45, 2.75) is 6.92 Å². The van der Waals surface area contributed by atoms with Crippen LogP contribution in [0.25, 0.3) is 99.8 Å². The van der Waals surface area contributed by atoms with Crippen LogP contribution in [0.1, 0.15) is 12.6 Å². The van der Waals surface area contributed by atoms with E-state index >= 15 is 0 Å². The minimum Gasteiger partial charge on any atom is -0.353 e. The van der Waals surface area contributed by atoms with Crippen molar-refractivity contribution < 1.29 is 0 Å². The summed E-state index contributed by atoms with van der Waals surface area (Å²) in [7, 11) is 0. The predicted octanol–water partition coefficient (Wildman–Crippen LogP) is 13.5. The molecule has 3 heterocycles. The van der Waals surface area contributed by atoms with Crippen LogP contribution in [0.5, 0.6) is 0 Å². The zero-order chi connectivity index (χ0) is 36.9. The molecule has 0 aliphatic carbocycles. The van der Waals surface area contributed by atoms with Gasteiger partial charge in [0.05, 0.1) is 33.5 Å². The first-order chi connectivity index (χ1) is 27.2. The molecule has 260 valence electrons. The Morgan fingerprint density at radius 3 is 1.76 bits per heavy atom. The molecule has 0 saturated carbocycles. The van der Waals surface area contributed by atoms with Gasteiger partial charge in [-0.25, -0.2) is 9.97 Å². The summed E-state index contributed by atoms with van der Waals surface area (Å²) in [6.45, 7) is 6.08. The summed E-state index contributed by atoms with van der Waals surface area (Å²) in [5, 5.41) is 4.76. The van der Waals surface area contributed by atoms with E-state index < -0.39 is 0 Å². The third-order valence-electron chi connectivity index (χ3n) is 10.7. The fourth-order valence-corrected chi connectivity index (χ4v) is 8.08. The highest BCUT2D eigenvalue weighted by molar-refractivity contribution is 6.17. The van der Waals surface area contributed by atoms with E-state index in [9.17, 15) is 0 Å². The number of aromatic amines is 1. The van der Waals surface area contributed by atoms with Gasteiger partial charge in [0.15, 0.2) is 5.82 Å². The lowest BCUT2D eigenvalue weighted by Crippen LogP contribution is -1.98. The van der Waals surface area contributed by atoms with Gasteiger partial charge in [0.2, 0.25) is 0 Å². The maximum Gasteiger partial charge on any atom is 0.160 e. The van der Waals surface area contributed by atoms with Gasteiger partial charge >= 0.3 is 0 Å². The monoisotopic (exact) mass is 704 g/mol. The smallest absolute Gasteiger partial charge is 0.160 e. The van der Waals surface area contributed by atoms with Crippen LogP contribution in [0.3, 0.4) is 0 Å². The second-order valence-electron chi connectivity index (χ2n) is 13.9. The lowest BCUT2D eigenvalue weighted by molar-refractivity contribution is 1.16. The van der Waals surface area contributed by atoms with Gasteiger partial charge in [-0.3, -0.25) is 0 Å². The lowest BCUT2D eigenvalue weighted by Gasteiger charge is -2.10. The summed E-state index contributed by atoms with van der Waals surface area (Å²) in [6.07, 6.45) is 3.90. The molecule has 3 aromatic heterocycles. The van der Waals surface area contributed by atoms with Crippen LogP contribution in [-0.2, 0) is 0 Å².